The summed E-state index contributed by atoms with van der Waals surface area (Å²) >= 11 is 0. The Balaban J connectivity index is 4.35. The monoisotopic (exact) mass is 832 g/mol. The predicted molar refractivity (Wildman–Crippen MR) is 240 cm³/mol. The van der Waals surface area contributed by atoms with Crippen LogP contribution in [0, 0.1) is 0 Å². The lowest BCUT2D eigenvalue weighted by Crippen LogP contribution is -2.37. The Morgan fingerprint density at radius 1 is 0.552 bits per heavy atom. The Morgan fingerprint density at radius 2 is 1.03 bits per heavy atom. The van der Waals surface area contributed by atoms with Gasteiger partial charge in [-0.25, -0.2) is 0 Å². The van der Waals surface area contributed by atoms with Crippen molar-refractivity contribution >= 4 is 19.8 Å². The van der Waals surface area contributed by atoms with Gasteiger partial charge in [-0.1, -0.05) is 176 Å². The van der Waals surface area contributed by atoms with Crippen LogP contribution in [-0.2, 0) is 32.7 Å². The molecule has 0 fully saturated rings. The summed E-state index contributed by atoms with van der Waals surface area (Å²) in [5, 5.41) is 0. The molecule has 0 amide bonds. The van der Waals surface area contributed by atoms with Crippen LogP contribution in [0.2, 0.25) is 0 Å². The summed E-state index contributed by atoms with van der Waals surface area (Å²) in [6, 6.07) is 0. The molecule has 0 aliphatic rings. The minimum absolute atomic E-state index is 0.0483. The maximum Gasteiger partial charge on any atom is 0.306 e. The number of carbonyl (C=O) groups excluding carboxylic acids is 2. The zero-order valence-electron chi connectivity index (χ0n) is 37.2. The highest BCUT2D eigenvalue weighted by Gasteiger charge is 2.21. The Kier molecular flexibility index (Phi) is 37.7. The summed E-state index contributed by atoms with van der Waals surface area (Å²) in [5.41, 5.74) is 0. The predicted octanol–water partition coefficient (Wildman–Crippen LogP) is 12.2. The van der Waals surface area contributed by atoms with Gasteiger partial charge < -0.3 is 27.9 Å². The SMILES string of the molecule is CC/C=C/C=C/C=C/C=C/C=C/CCCC(=O)OC(COC(=O)CCCCCCCCCCCCCCCC/C=C/C/C=C/CC)COP(=O)([O-])OCC[N+](C)(C)C. The first-order chi connectivity index (χ1) is 28.0. The van der Waals surface area contributed by atoms with Crippen molar-refractivity contribution in [3.05, 3.63) is 85.1 Å². The van der Waals surface area contributed by atoms with E-state index in [1.54, 1.807) is 0 Å². The highest BCUT2D eigenvalue weighted by atomic mass is 31.2. The van der Waals surface area contributed by atoms with Crippen molar-refractivity contribution in [1.29, 1.82) is 0 Å². The summed E-state index contributed by atoms with van der Waals surface area (Å²) in [6.07, 6.45) is 50.6. The number of esters is 2. The number of likely N-dealkylation sites (N-methyl/N-ethyl adjacent to an activating group) is 1. The summed E-state index contributed by atoms with van der Waals surface area (Å²) < 4.78 is 33.8. The van der Waals surface area contributed by atoms with E-state index < -0.39 is 32.5 Å². The largest absolute Gasteiger partial charge is 0.756 e. The molecule has 58 heavy (non-hydrogen) atoms. The third kappa shape index (κ3) is 42.8. The summed E-state index contributed by atoms with van der Waals surface area (Å²) in [4.78, 5) is 37.5. The van der Waals surface area contributed by atoms with Gasteiger partial charge in [0, 0.05) is 12.8 Å². The summed E-state index contributed by atoms with van der Waals surface area (Å²) in [7, 11) is 1.11. The molecule has 0 aliphatic carbocycles. The number of hydrogen-bond acceptors (Lipinski definition) is 8. The Hall–Kier alpha value is -2.81. The van der Waals surface area contributed by atoms with Crippen molar-refractivity contribution < 1.29 is 42.1 Å². The Morgan fingerprint density at radius 3 is 1.60 bits per heavy atom. The smallest absolute Gasteiger partial charge is 0.306 e. The Labute approximate surface area is 354 Å². The van der Waals surface area contributed by atoms with Crippen molar-refractivity contribution in [2.24, 2.45) is 0 Å². The van der Waals surface area contributed by atoms with E-state index in [4.69, 9.17) is 18.5 Å². The minimum Gasteiger partial charge on any atom is -0.756 e. The van der Waals surface area contributed by atoms with Crippen molar-refractivity contribution in [2.75, 3.05) is 47.5 Å². The molecule has 0 rings (SSSR count). The van der Waals surface area contributed by atoms with E-state index in [1.165, 1.54) is 77.0 Å². The van der Waals surface area contributed by atoms with Crippen molar-refractivity contribution in [2.45, 2.75) is 161 Å². The summed E-state index contributed by atoms with van der Waals surface area (Å²) in [6.45, 7) is 3.88. The van der Waals surface area contributed by atoms with E-state index in [1.807, 2.05) is 75.8 Å². The van der Waals surface area contributed by atoms with Crippen LogP contribution in [0.5, 0.6) is 0 Å². The normalized spacial score (nSPS) is 14.4. The number of allylic oxidation sites excluding steroid dienone is 14. The number of ether oxygens (including phenoxy) is 2. The van der Waals surface area contributed by atoms with E-state index in [9.17, 15) is 19.0 Å². The quantitative estimate of drug-likeness (QED) is 0.0150. The second kappa shape index (κ2) is 39.6. The van der Waals surface area contributed by atoms with E-state index >= 15 is 0 Å². The van der Waals surface area contributed by atoms with Crippen molar-refractivity contribution in [1.82, 2.24) is 0 Å². The number of carbonyl (C=O) groups is 2. The molecule has 0 aromatic rings. The van der Waals surface area contributed by atoms with Gasteiger partial charge in [-0.05, 0) is 51.4 Å². The molecular weight excluding hydrogens is 750 g/mol. The lowest BCUT2D eigenvalue weighted by Gasteiger charge is -2.28. The van der Waals surface area contributed by atoms with Crippen LogP contribution in [0.3, 0.4) is 0 Å². The molecule has 0 spiro atoms. The standard InChI is InChI=1S/C48H82NO8P/c1-6-8-10-12-14-16-18-20-21-22-23-24-25-26-27-29-30-32-34-36-38-40-47(50)54-44-46(45-56-58(52,53)55-43-42-49(3,4)5)57-48(51)41-39-37-35-33-31-28-19-17-15-13-11-9-7-2/h8-11,13-17,19,28,31,33,35,46H,6-7,12,18,20-27,29-30,32,34,36-45H2,1-5H3/b10-8+,11-9+,15-13+,16-14+,19-17+,31-28+,35-33+. The number of nitrogens with zero attached hydrogens (tertiary/aromatic N) is 1. The maximum atomic E-state index is 12.6. The number of quaternary nitrogens is 1. The van der Waals surface area contributed by atoms with Gasteiger partial charge in [0.1, 0.15) is 19.8 Å². The molecule has 10 heteroatoms. The van der Waals surface area contributed by atoms with Gasteiger partial charge in [0.25, 0.3) is 7.82 Å². The van der Waals surface area contributed by atoms with E-state index in [0.717, 1.165) is 38.5 Å². The van der Waals surface area contributed by atoms with Crippen LogP contribution >= 0.6 is 7.82 Å². The second-order valence-electron chi connectivity index (χ2n) is 15.8. The molecule has 0 aliphatic heterocycles. The molecule has 0 saturated carbocycles. The van der Waals surface area contributed by atoms with Gasteiger partial charge >= 0.3 is 11.9 Å². The molecule has 0 aromatic heterocycles. The molecule has 0 bridgehead atoms. The molecule has 0 radical (unpaired) electrons. The molecule has 2 atom stereocenters. The molecule has 332 valence electrons. The molecular formula is C48H82NO8P. The average molecular weight is 832 g/mol. The van der Waals surface area contributed by atoms with Crippen molar-refractivity contribution in [3.8, 4) is 0 Å². The van der Waals surface area contributed by atoms with Crippen molar-refractivity contribution in [3.63, 3.8) is 0 Å². The van der Waals surface area contributed by atoms with Gasteiger partial charge in [0.15, 0.2) is 6.10 Å². The summed E-state index contributed by atoms with van der Waals surface area (Å²) in [5.74, 6) is -0.928. The fourth-order valence-corrected chi connectivity index (χ4v) is 6.33. The van der Waals surface area contributed by atoms with Gasteiger partial charge in [-0.2, -0.15) is 0 Å². The number of phosphoric ester groups is 1. The van der Waals surface area contributed by atoms with E-state index in [-0.39, 0.29) is 26.1 Å². The number of phosphoric acid groups is 1. The number of hydrogen-bond donors (Lipinski definition) is 0. The first kappa shape index (κ1) is 55.2. The maximum absolute atomic E-state index is 12.6. The van der Waals surface area contributed by atoms with E-state index in [0.29, 0.717) is 23.9 Å². The Bertz CT molecular complexity index is 1260. The van der Waals surface area contributed by atoms with Gasteiger partial charge in [0.2, 0.25) is 0 Å². The molecule has 9 nitrogen and oxygen atoms in total. The van der Waals surface area contributed by atoms with Crippen LogP contribution in [0.1, 0.15) is 155 Å². The number of rotatable bonds is 39. The first-order valence-corrected chi connectivity index (χ1v) is 23.8. The second-order valence-corrected chi connectivity index (χ2v) is 17.2. The van der Waals surface area contributed by atoms with Gasteiger partial charge in [-0.15, -0.1) is 0 Å². The molecule has 0 N–H and O–H groups in total. The third-order valence-electron chi connectivity index (χ3n) is 9.04. The topological polar surface area (TPSA) is 111 Å². The third-order valence-corrected chi connectivity index (χ3v) is 10.0. The molecule has 0 aromatic carbocycles. The fraction of sp³-hybridized carbons (Fsp3) is 0.667. The van der Waals surface area contributed by atoms with Crippen LogP contribution in [0.25, 0.3) is 0 Å². The van der Waals surface area contributed by atoms with Gasteiger partial charge in [-0.3, -0.25) is 14.2 Å². The zero-order chi connectivity index (χ0) is 42.8. The molecule has 2 unspecified atom stereocenters. The average Bonchev–Trinajstić information content (AvgIpc) is 3.17. The van der Waals surface area contributed by atoms with Crippen LogP contribution in [0.15, 0.2) is 85.1 Å². The lowest BCUT2D eigenvalue weighted by molar-refractivity contribution is -0.870. The van der Waals surface area contributed by atoms with E-state index in [2.05, 4.69) is 44.2 Å². The molecule has 0 heterocycles. The first-order valence-electron chi connectivity index (χ1n) is 22.4. The van der Waals surface area contributed by atoms with Crippen LogP contribution in [0.4, 0.5) is 0 Å². The molecule has 0 saturated heterocycles. The highest BCUT2D eigenvalue weighted by Crippen LogP contribution is 2.38. The fourth-order valence-electron chi connectivity index (χ4n) is 5.60. The minimum atomic E-state index is -4.65. The number of unbranched alkanes of at least 4 members (excludes halogenated alkanes) is 15. The zero-order valence-corrected chi connectivity index (χ0v) is 38.1. The highest BCUT2D eigenvalue weighted by molar-refractivity contribution is 7.45. The van der Waals surface area contributed by atoms with Crippen LogP contribution < -0.4 is 4.89 Å². The van der Waals surface area contributed by atoms with Crippen LogP contribution in [-0.4, -0.2) is 70.0 Å². The lowest BCUT2D eigenvalue weighted by atomic mass is 10.0. The van der Waals surface area contributed by atoms with Gasteiger partial charge in [0.05, 0.1) is 27.7 Å².